The van der Waals surface area contributed by atoms with Gasteiger partial charge < -0.3 is 9.73 Å². The third-order valence-corrected chi connectivity index (χ3v) is 3.46. The Labute approximate surface area is 104 Å². The van der Waals surface area contributed by atoms with Crippen LogP contribution in [0.25, 0.3) is 0 Å². The van der Waals surface area contributed by atoms with Gasteiger partial charge in [0.15, 0.2) is 0 Å². The van der Waals surface area contributed by atoms with E-state index in [2.05, 4.69) is 10.3 Å². The number of amides is 1. The molecule has 0 spiro atoms. The van der Waals surface area contributed by atoms with Crippen molar-refractivity contribution in [2.24, 2.45) is 0 Å². The van der Waals surface area contributed by atoms with Crippen molar-refractivity contribution in [1.29, 1.82) is 0 Å². The van der Waals surface area contributed by atoms with E-state index >= 15 is 0 Å². The summed E-state index contributed by atoms with van der Waals surface area (Å²) in [6.45, 7) is 3.80. The van der Waals surface area contributed by atoms with Crippen molar-refractivity contribution >= 4 is 17.2 Å². The zero-order valence-electron chi connectivity index (χ0n) is 9.77. The first-order chi connectivity index (χ1) is 8.22. The van der Waals surface area contributed by atoms with Crippen LogP contribution in [-0.4, -0.2) is 10.9 Å². The molecule has 0 aliphatic rings. The van der Waals surface area contributed by atoms with Crippen LogP contribution >= 0.6 is 11.3 Å². The van der Waals surface area contributed by atoms with Crippen LogP contribution in [-0.2, 0) is 0 Å². The summed E-state index contributed by atoms with van der Waals surface area (Å²) < 4.78 is 5.12. The molecule has 0 aliphatic heterocycles. The highest BCUT2D eigenvalue weighted by Gasteiger charge is 2.18. The molecule has 1 N–H and O–H groups in total. The molecular weight excluding hydrogens is 236 g/mol. The second-order valence-electron chi connectivity index (χ2n) is 3.70. The lowest BCUT2D eigenvalue weighted by atomic mass is 10.2. The quantitative estimate of drug-likeness (QED) is 0.907. The topological polar surface area (TPSA) is 55.1 Å². The van der Waals surface area contributed by atoms with Crippen LogP contribution in [0.15, 0.2) is 28.3 Å². The van der Waals surface area contributed by atoms with Gasteiger partial charge in [-0.05, 0) is 19.4 Å². The van der Waals surface area contributed by atoms with Crippen molar-refractivity contribution in [3.63, 3.8) is 0 Å². The standard InChI is InChI=1S/C12H14N2O2S/c1-3-10(12-13-5-7-17-12)14-11(15)9-4-6-16-8(9)2/h4-7,10H,3H2,1-2H3,(H,14,15)/t10-/m1/s1. The van der Waals surface area contributed by atoms with Crippen LogP contribution in [0, 0.1) is 6.92 Å². The van der Waals surface area contributed by atoms with Gasteiger partial charge >= 0.3 is 0 Å². The summed E-state index contributed by atoms with van der Waals surface area (Å²) in [7, 11) is 0. The predicted octanol–water partition coefficient (Wildman–Crippen LogP) is 2.93. The molecule has 2 heterocycles. The zero-order valence-corrected chi connectivity index (χ0v) is 10.6. The normalized spacial score (nSPS) is 12.4. The Hall–Kier alpha value is -1.62. The van der Waals surface area contributed by atoms with Gasteiger partial charge in [-0.25, -0.2) is 4.98 Å². The minimum Gasteiger partial charge on any atom is -0.469 e. The highest BCUT2D eigenvalue weighted by Crippen LogP contribution is 2.20. The number of hydrogen-bond acceptors (Lipinski definition) is 4. The van der Waals surface area contributed by atoms with E-state index in [0.29, 0.717) is 11.3 Å². The predicted molar refractivity (Wildman–Crippen MR) is 66.1 cm³/mol. The van der Waals surface area contributed by atoms with Crippen molar-refractivity contribution < 1.29 is 9.21 Å². The number of nitrogens with one attached hydrogen (secondary N) is 1. The third-order valence-electron chi connectivity index (χ3n) is 2.57. The van der Waals surface area contributed by atoms with Crippen molar-refractivity contribution in [2.45, 2.75) is 26.3 Å². The largest absolute Gasteiger partial charge is 0.469 e. The highest BCUT2D eigenvalue weighted by molar-refractivity contribution is 7.09. The SMILES string of the molecule is CC[C@@H](NC(=O)c1ccoc1C)c1nccs1. The molecule has 0 fully saturated rings. The molecule has 0 unspecified atom stereocenters. The van der Waals surface area contributed by atoms with Crippen LogP contribution in [0.1, 0.15) is 40.5 Å². The number of aromatic nitrogens is 1. The number of thiazole rings is 1. The van der Waals surface area contributed by atoms with Gasteiger partial charge in [-0.2, -0.15) is 0 Å². The van der Waals surface area contributed by atoms with Crippen LogP contribution in [0.5, 0.6) is 0 Å². The fourth-order valence-electron chi connectivity index (χ4n) is 1.60. The van der Waals surface area contributed by atoms with E-state index in [9.17, 15) is 4.79 Å². The van der Waals surface area contributed by atoms with Gasteiger partial charge in [0.1, 0.15) is 10.8 Å². The van der Waals surface area contributed by atoms with Crippen molar-refractivity contribution in [1.82, 2.24) is 10.3 Å². The number of rotatable bonds is 4. The molecule has 0 saturated heterocycles. The summed E-state index contributed by atoms with van der Waals surface area (Å²) in [5.41, 5.74) is 0.583. The maximum Gasteiger partial charge on any atom is 0.255 e. The van der Waals surface area contributed by atoms with Gasteiger partial charge in [0.25, 0.3) is 5.91 Å². The molecule has 2 aromatic heterocycles. The van der Waals surface area contributed by atoms with E-state index in [1.807, 2.05) is 12.3 Å². The van der Waals surface area contributed by atoms with Crippen molar-refractivity contribution in [3.05, 3.63) is 40.2 Å². The lowest BCUT2D eigenvalue weighted by Crippen LogP contribution is -2.28. The first kappa shape index (κ1) is 11.9. The molecule has 2 aromatic rings. The second kappa shape index (κ2) is 5.14. The first-order valence-corrected chi connectivity index (χ1v) is 6.34. The number of hydrogen-bond donors (Lipinski definition) is 1. The lowest BCUT2D eigenvalue weighted by Gasteiger charge is -2.13. The van der Waals surface area contributed by atoms with Crippen LogP contribution in [0.3, 0.4) is 0 Å². The second-order valence-corrected chi connectivity index (χ2v) is 4.62. The molecule has 0 bridgehead atoms. The van der Waals surface area contributed by atoms with E-state index in [1.54, 1.807) is 30.5 Å². The summed E-state index contributed by atoms with van der Waals surface area (Å²) in [6, 6.07) is 1.65. The number of aryl methyl sites for hydroxylation is 1. The van der Waals surface area contributed by atoms with Crippen molar-refractivity contribution in [3.8, 4) is 0 Å². The van der Waals surface area contributed by atoms with Crippen LogP contribution in [0.2, 0.25) is 0 Å². The summed E-state index contributed by atoms with van der Waals surface area (Å²) in [4.78, 5) is 16.2. The van der Waals surface area contributed by atoms with E-state index in [0.717, 1.165) is 11.4 Å². The average Bonchev–Trinajstić information content (AvgIpc) is 2.96. The van der Waals surface area contributed by atoms with E-state index in [-0.39, 0.29) is 11.9 Å². The number of carbonyl (C=O) groups is 1. The molecule has 0 radical (unpaired) electrons. The molecule has 0 aromatic carbocycles. The van der Waals surface area contributed by atoms with Crippen molar-refractivity contribution in [2.75, 3.05) is 0 Å². The monoisotopic (exact) mass is 250 g/mol. The summed E-state index contributed by atoms with van der Waals surface area (Å²) in [5.74, 6) is 0.523. The van der Waals surface area contributed by atoms with Gasteiger partial charge in [0, 0.05) is 11.6 Å². The molecule has 2 rings (SSSR count). The Morgan fingerprint density at radius 1 is 1.65 bits per heavy atom. The minimum atomic E-state index is -0.113. The minimum absolute atomic E-state index is 0.0307. The van der Waals surface area contributed by atoms with Crippen LogP contribution < -0.4 is 5.32 Å². The smallest absolute Gasteiger partial charge is 0.255 e. The molecule has 1 amide bonds. The van der Waals surface area contributed by atoms with Gasteiger partial charge in [-0.3, -0.25) is 4.79 Å². The average molecular weight is 250 g/mol. The maximum absolute atomic E-state index is 12.0. The Kier molecular flexibility index (Phi) is 3.58. The third kappa shape index (κ3) is 2.55. The fraction of sp³-hybridized carbons (Fsp3) is 0.333. The number of carbonyl (C=O) groups excluding carboxylic acids is 1. The zero-order chi connectivity index (χ0) is 12.3. The Morgan fingerprint density at radius 2 is 2.47 bits per heavy atom. The molecule has 5 heteroatoms. The van der Waals surface area contributed by atoms with Gasteiger partial charge in [-0.1, -0.05) is 6.92 Å². The Bertz CT molecular complexity index is 490. The Balaban J connectivity index is 2.10. The van der Waals surface area contributed by atoms with Gasteiger partial charge in [0.05, 0.1) is 17.9 Å². The maximum atomic E-state index is 12.0. The molecule has 4 nitrogen and oxygen atoms in total. The van der Waals surface area contributed by atoms with E-state index < -0.39 is 0 Å². The highest BCUT2D eigenvalue weighted by atomic mass is 32.1. The molecule has 1 atom stereocenters. The summed E-state index contributed by atoms with van der Waals surface area (Å²) in [6.07, 6.45) is 4.09. The van der Waals surface area contributed by atoms with E-state index in [4.69, 9.17) is 4.42 Å². The molecule has 90 valence electrons. The lowest BCUT2D eigenvalue weighted by molar-refractivity contribution is 0.0934. The van der Waals surface area contributed by atoms with E-state index in [1.165, 1.54) is 6.26 Å². The number of furan rings is 1. The molecule has 0 aliphatic carbocycles. The molecule has 0 saturated carbocycles. The van der Waals surface area contributed by atoms with Gasteiger partial charge in [-0.15, -0.1) is 11.3 Å². The molecular formula is C12H14N2O2S. The summed E-state index contributed by atoms with van der Waals surface area (Å²) in [5, 5.41) is 5.80. The first-order valence-electron chi connectivity index (χ1n) is 5.46. The fourth-order valence-corrected chi connectivity index (χ4v) is 2.37. The Morgan fingerprint density at radius 3 is 3.00 bits per heavy atom. The molecule has 17 heavy (non-hydrogen) atoms. The van der Waals surface area contributed by atoms with Crippen LogP contribution in [0.4, 0.5) is 0 Å². The summed E-state index contributed by atoms with van der Waals surface area (Å²) >= 11 is 1.55. The van der Waals surface area contributed by atoms with Gasteiger partial charge in [0.2, 0.25) is 0 Å². The number of nitrogens with zero attached hydrogens (tertiary/aromatic N) is 1.